The molecule has 1 radical (unpaired) electrons. The standard InChI is InChI=1S/C17H12N/c1-3-7-14(8-4-1)16-11-17(13-18-12-16)15-9-5-2-6-10-15/h1-5,7-13H. The Morgan fingerprint density at radius 1 is 0.722 bits per heavy atom. The summed E-state index contributed by atoms with van der Waals surface area (Å²) in [6, 6.07) is 23.5. The van der Waals surface area contributed by atoms with Gasteiger partial charge >= 0.3 is 0 Å². The van der Waals surface area contributed by atoms with E-state index in [0.717, 1.165) is 16.7 Å². The Bertz CT molecular complexity index is 575. The molecule has 0 N–H and O–H groups in total. The molecule has 0 fully saturated rings. The zero-order chi connectivity index (χ0) is 12.2. The molecule has 1 heteroatoms. The van der Waals surface area contributed by atoms with Crippen LogP contribution < -0.4 is 0 Å². The molecule has 3 aromatic rings. The van der Waals surface area contributed by atoms with E-state index in [0.29, 0.717) is 0 Å². The van der Waals surface area contributed by atoms with Gasteiger partial charge in [-0.3, -0.25) is 4.98 Å². The van der Waals surface area contributed by atoms with Crippen LogP contribution >= 0.6 is 0 Å². The fourth-order valence-corrected chi connectivity index (χ4v) is 1.96. The van der Waals surface area contributed by atoms with Crippen LogP contribution in [0, 0.1) is 6.07 Å². The summed E-state index contributed by atoms with van der Waals surface area (Å²) in [5.41, 5.74) is 4.58. The second kappa shape index (κ2) is 4.84. The van der Waals surface area contributed by atoms with Crippen molar-refractivity contribution in [3.05, 3.63) is 79.1 Å². The van der Waals surface area contributed by atoms with E-state index >= 15 is 0 Å². The van der Waals surface area contributed by atoms with Crippen LogP contribution in [0.2, 0.25) is 0 Å². The summed E-state index contributed by atoms with van der Waals surface area (Å²) in [6.07, 6.45) is 3.78. The van der Waals surface area contributed by atoms with Gasteiger partial charge in [-0.1, -0.05) is 48.5 Å². The molecular weight excluding hydrogens is 218 g/mol. The van der Waals surface area contributed by atoms with Gasteiger partial charge in [0.1, 0.15) is 0 Å². The minimum Gasteiger partial charge on any atom is -0.263 e. The van der Waals surface area contributed by atoms with Gasteiger partial charge in [0.25, 0.3) is 0 Å². The molecule has 0 atom stereocenters. The topological polar surface area (TPSA) is 12.9 Å². The first-order valence-electron chi connectivity index (χ1n) is 5.90. The molecule has 0 saturated heterocycles. The zero-order valence-electron chi connectivity index (χ0n) is 9.88. The second-order valence-corrected chi connectivity index (χ2v) is 4.12. The second-order valence-electron chi connectivity index (χ2n) is 4.12. The lowest BCUT2D eigenvalue weighted by Crippen LogP contribution is -1.83. The first-order valence-corrected chi connectivity index (χ1v) is 5.90. The maximum atomic E-state index is 4.32. The van der Waals surface area contributed by atoms with Gasteiger partial charge in [0.05, 0.1) is 0 Å². The molecule has 1 aromatic heterocycles. The molecule has 0 aliphatic rings. The summed E-state index contributed by atoms with van der Waals surface area (Å²) in [4.78, 5) is 4.32. The van der Waals surface area contributed by atoms with E-state index in [1.54, 1.807) is 0 Å². The van der Waals surface area contributed by atoms with Crippen molar-refractivity contribution in [2.24, 2.45) is 0 Å². The summed E-state index contributed by atoms with van der Waals surface area (Å²) in [7, 11) is 0. The minimum atomic E-state index is 1.12. The maximum absolute atomic E-state index is 4.32. The number of benzene rings is 2. The molecule has 0 aliphatic heterocycles. The van der Waals surface area contributed by atoms with Gasteiger partial charge in [-0.2, -0.15) is 0 Å². The van der Waals surface area contributed by atoms with Crippen LogP contribution in [0.25, 0.3) is 22.3 Å². The Kier molecular flexibility index (Phi) is 2.89. The van der Waals surface area contributed by atoms with Crippen molar-refractivity contribution in [3.8, 4) is 22.3 Å². The average Bonchev–Trinajstić information content (AvgIpc) is 2.49. The van der Waals surface area contributed by atoms with Crippen LogP contribution in [-0.2, 0) is 0 Å². The van der Waals surface area contributed by atoms with Crippen molar-refractivity contribution >= 4 is 0 Å². The lowest BCUT2D eigenvalue weighted by atomic mass is 10.0. The molecule has 2 aromatic carbocycles. The summed E-state index contributed by atoms with van der Waals surface area (Å²) in [5, 5.41) is 0. The van der Waals surface area contributed by atoms with E-state index in [-0.39, 0.29) is 0 Å². The number of pyridine rings is 1. The molecule has 0 bridgehead atoms. The van der Waals surface area contributed by atoms with Crippen LogP contribution in [0.1, 0.15) is 0 Å². The predicted molar refractivity (Wildman–Crippen MR) is 73.9 cm³/mol. The van der Waals surface area contributed by atoms with Gasteiger partial charge in [-0.25, -0.2) is 0 Å². The van der Waals surface area contributed by atoms with E-state index in [1.165, 1.54) is 5.56 Å². The van der Waals surface area contributed by atoms with Gasteiger partial charge in [0.2, 0.25) is 0 Å². The Morgan fingerprint density at radius 3 is 2.17 bits per heavy atom. The molecule has 0 aliphatic carbocycles. The van der Waals surface area contributed by atoms with Crippen molar-refractivity contribution in [3.63, 3.8) is 0 Å². The first-order chi connectivity index (χ1) is 8.93. The SMILES string of the molecule is [c]1cccc(-c2cncc(-c3ccccc3)c2)c1. The van der Waals surface area contributed by atoms with E-state index in [4.69, 9.17) is 0 Å². The van der Waals surface area contributed by atoms with E-state index < -0.39 is 0 Å². The fraction of sp³-hybridized carbons (Fsp3) is 0. The number of aromatic nitrogens is 1. The third-order valence-corrected chi connectivity index (χ3v) is 2.89. The summed E-state index contributed by atoms with van der Waals surface area (Å²) in [6.45, 7) is 0. The molecule has 0 unspecified atom stereocenters. The predicted octanol–water partition coefficient (Wildman–Crippen LogP) is 4.22. The van der Waals surface area contributed by atoms with E-state index in [1.807, 2.05) is 48.8 Å². The van der Waals surface area contributed by atoms with Crippen molar-refractivity contribution in [2.75, 3.05) is 0 Å². The molecule has 18 heavy (non-hydrogen) atoms. The normalized spacial score (nSPS) is 10.2. The van der Waals surface area contributed by atoms with Crippen molar-refractivity contribution in [1.82, 2.24) is 4.98 Å². The minimum absolute atomic E-state index is 1.12. The molecule has 0 amide bonds. The third kappa shape index (κ3) is 2.16. The molecule has 85 valence electrons. The van der Waals surface area contributed by atoms with E-state index in [2.05, 4.69) is 35.3 Å². The molecule has 0 saturated carbocycles. The van der Waals surface area contributed by atoms with Gasteiger partial charge in [-0.05, 0) is 29.3 Å². The highest BCUT2D eigenvalue weighted by Crippen LogP contribution is 2.24. The van der Waals surface area contributed by atoms with Gasteiger partial charge < -0.3 is 0 Å². The number of hydrogen-bond donors (Lipinski definition) is 0. The Morgan fingerprint density at radius 2 is 1.44 bits per heavy atom. The summed E-state index contributed by atoms with van der Waals surface area (Å²) in [5.74, 6) is 0. The zero-order valence-corrected chi connectivity index (χ0v) is 9.88. The van der Waals surface area contributed by atoms with Crippen LogP contribution in [0.3, 0.4) is 0 Å². The molecule has 0 spiro atoms. The highest BCUT2D eigenvalue weighted by atomic mass is 14.6. The van der Waals surface area contributed by atoms with Gasteiger partial charge in [-0.15, -0.1) is 0 Å². The fourth-order valence-electron chi connectivity index (χ4n) is 1.96. The van der Waals surface area contributed by atoms with Crippen LogP contribution in [0.15, 0.2) is 73.1 Å². The van der Waals surface area contributed by atoms with Crippen molar-refractivity contribution < 1.29 is 0 Å². The lowest BCUT2D eigenvalue weighted by Gasteiger charge is -2.04. The van der Waals surface area contributed by atoms with Gasteiger partial charge in [0.15, 0.2) is 0 Å². The number of hydrogen-bond acceptors (Lipinski definition) is 1. The molecular formula is C17H12N. The van der Waals surface area contributed by atoms with Crippen molar-refractivity contribution in [1.29, 1.82) is 0 Å². The summed E-state index contributed by atoms with van der Waals surface area (Å²) >= 11 is 0. The molecule has 1 nitrogen and oxygen atoms in total. The van der Waals surface area contributed by atoms with Crippen LogP contribution in [0.5, 0.6) is 0 Å². The average molecular weight is 230 g/mol. The summed E-state index contributed by atoms with van der Waals surface area (Å²) < 4.78 is 0. The highest BCUT2D eigenvalue weighted by Gasteiger charge is 2.01. The van der Waals surface area contributed by atoms with Crippen LogP contribution in [0.4, 0.5) is 0 Å². The molecule has 1 heterocycles. The number of nitrogens with zero attached hydrogens (tertiary/aromatic N) is 1. The van der Waals surface area contributed by atoms with E-state index in [9.17, 15) is 0 Å². The number of rotatable bonds is 2. The first kappa shape index (κ1) is 10.7. The third-order valence-electron chi connectivity index (χ3n) is 2.89. The largest absolute Gasteiger partial charge is 0.263 e. The monoisotopic (exact) mass is 230 g/mol. The Hall–Kier alpha value is -2.41. The van der Waals surface area contributed by atoms with Crippen molar-refractivity contribution in [2.45, 2.75) is 0 Å². The van der Waals surface area contributed by atoms with Gasteiger partial charge in [0, 0.05) is 23.5 Å². The molecule has 3 rings (SSSR count). The Balaban J connectivity index is 2.05. The highest BCUT2D eigenvalue weighted by molar-refractivity contribution is 5.71. The maximum Gasteiger partial charge on any atom is 0.0346 e. The smallest absolute Gasteiger partial charge is 0.0346 e. The lowest BCUT2D eigenvalue weighted by molar-refractivity contribution is 1.33. The van der Waals surface area contributed by atoms with Crippen LogP contribution in [-0.4, -0.2) is 4.98 Å². The Labute approximate surface area is 107 Å². The quantitative estimate of drug-likeness (QED) is 0.642.